The van der Waals surface area contributed by atoms with Gasteiger partial charge in [0.2, 0.25) is 5.95 Å². The Kier molecular flexibility index (Phi) is 5.28. The van der Waals surface area contributed by atoms with E-state index in [9.17, 15) is 9.18 Å². The molecule has 1 aromatic heterocycles. The molecule has 0 aliphatic rings. The summed E-state index contributed by atoms with van der Waals surface area (Å²) in [5, 5.41) is 5.96. The molecule has 0 aliphatic carbocycles. The van der Waals surface area contributed by atoms with Crippen molar-refractivity contribution in [2.24, 2.45) is 0 Å². The molecule has 1 amide bonds. The van der Waals surface area contributed by atoms with Gasteiger partial charge in [0, 0.05) is 17.4 Å². The topological polar surface area (TPSA) is 76.1 Å². The number of para-hydroxylation sites is 1. The standard InChI is InChI=1S/C18H14ClFN4O2/c1-26-16-7-6-12(19)8-15(16)24-18-21-9-11(10-22-18)17(25)23-14-5-3-2-4-13(14)20/h2-10H,1H3,(H,23,25)(H,21,22,24). The lowest BCUT2D eigenvalue weighted by Crippen LogP contribution is -2.14. The van der Waals surface area contributed by atoms with E-state index in [-0.39, 0.29) is 17.2 Å². The van der Waals surface area contributed by atoms with Gasteiger partial charge in [0.1, 0.15) is 11.6 Å². The zero-order valence-electron chi connectivity index (χ0n) is 13.7. The molecule has 0 unspecified atom stereocenters. The van der Waals surface area contributed by atoms with E-state index >= 15 is 0 Å². The highest BCUT2D eigenvalue weighted by Crippen LogP contribution is 2.29. The van der Waals surface area contributed by atoms with Crippen LogP contribution in [0.15, 0.2) is 54.9 Å². The fraction of sp³-hybridized carbons (Fsp3) is 0.0556. The van der Waals surface area contributed by atoms with Crippen molar-refractivity contribution in [1.29, 1.82) is 0 Å². The third-order valence-electron chi connectivity index (χ3n) is 3.44. The fourth-order valence-corrected chi connectivity index (χ4v) is 2.34. The molecule has 8 heteroatoms. The summed E-state index contributed by atoms with van der Waals surface area (Å²) in [6, 6.07) is 11.0. The summed E-state index contributed by atoms with van der Waals surface area (Å²) in [6.07, 6.45) is 2.67. The fourth-order valence-electron chi connectivity index (χ4n) is 2.17. The number of anilines is 3. The lowest BCUT2D eigenvalue weighted by Gasteiger charge is -2.10. The molecule has 26 heavy (non-hydrogen) atoms. The molecule has 0 aliphatic heterocycles. The van der Waals surface area contributed by atoms with Gasteiger partial charge < -0.3 is 15.4 Å². The number of halogens is 2. The number of benzene rings is 2. The summed E-state index contributed by atoms with van der Waals surface area (Å²) in [6.45, 7) is 0. The molecule has 3 aromatic rings. The Morgan fingerprint density at radius 2 is 1.85 bits per heavy atom. The van der Waals surface area contributed by atoms with E-state index in [1.54, 1.807) is 30.3 Å². The maximum atomic E-state index is 13.6. The Bertz CT molecular complexity index is 935. The smallest absolute Gasteiger partial charge is 0.258 e. The summed E-state index contributed by atoms with van der Waals surface area (Å²) >= 11 is 5.98. The average Bonchev–Trinajstić information content (AvgIpc) is 2.64. The SMILES string of the molecule is COc1ccc(Cl)cc1Nc1ncc(C(=O)Nc2ccccc2F)cn1. The lowest BCUT2D eigenvalue weighted by molar-refractivity contribution is 0.102. The second-order valence-corrected chi connectivity index (χ2v) is 5.64. The molecule has 2 N–H and O–H groups in total. The molecule has 0 radical (unpaired) electrons. The van der Waals surface area contributed by atoms with Gasteiger partial charge in [-0.25, -0.2) is 14.4 Å². The van der Waals surface area contributed by atoms with Crippen molar-refractivity contribution in [3.8, 4) is 5.75 Å². The van der Waals surface area contributed by atoms with Gasteiger partial charge in [0.25, 0.3) is 5.91 Å². The highest BCUT2D eigenvalue weighted by Gasteiger charge is 2.11. The molecule has 0 saturated heterocycles. The summed E-state index contributed by atoms with van der Waals surface area (Å²) in [5.41, 5.74) is 0.865. The third-order valence-corrected chi connectivity index (χ3v) is 3.68. The third kappa shape index (κ3) is 4.07. The summed E-state index contributed by atoms with van der Waals surface area (Å²) in [4.78, 5) is 20.3. The quantitative estimate of drug-likeness (QED) is 0.699. The summed E-state index contributed by atoms with van der Waals surface area (Å²) < 4.78 is 18.8. The van der Waals surface area contributed by atoms with Crippen molar-refractivity contribution in [2.45, 2.75) is 0 Å². The number of aromatic nitrogens is 2. The van der Waals surface area contributed by atoms with Crippen LogP contribution in [0.3, 0.4) is 0 Å². The van der Waals surface area contributed by atoms with E-state index < -0.39 is 11.7 Å². The van der Waals surface area contributed by atoms with Crippen LogP contribution >= 0.6 is 11.6 Å². The number of rotatable bonds is 5. The number of methoxy groups -OCH3 is 1. The Hall–Kier alpha value is -3.19. The molecule has 0 saturated carbocycles. The van der Waals surface area contributed by atoms with Crippen LogP contribution < -0.4 is 15.4 Å². The van der Waals surface area contributed by atoms with Gasteiger partial charge in [-0.05, 0) is 30.3 Å². The molecule has 132 valence electrons. The predicted octanol–water partition coefficient (Wildman–Crippen LogP) is 4.27. The van der Waals surface area contributed by atoms with Crippen molar-refractivity contribution < 1.29 is 13.9 Å². The first-order valence-corrected chi connectivity index (χ1v) is 7.93. The van der Waals surface area contributed by atoms with Crippen LogP contribution in [0, 0.1) is 5.82 Å². The van der Waals surface area contributed by atoms with Gasteiger partial charge in [0.15, 0.2) is 0 Å². The van der Waals surface area contributed by atoms with Crippen molar-refractivity contribution >= 4 is 34.8 Å². The van der Waals surface area contributed by atoms with E-state index in [4.69, 9.17) is 16.3 Å². The molecule has 6 nitrogen and oxygen atoms in total. The zero-order chi connectivity index (χ0) is 18.5. The van der Waals surface area contributed by atoms with Crippen LogP contribution in [0.5, 0.6) is 5.75 Å². The van der Waals surface area contributed by atoms with Gasteiger partial charge >= 0.3 is 0 Å². The van der Waals surface area contributed by atoms with Crippen LogP contribution in [-0.2, 0) is 0 Å². The Morgan fingerprint density at radius 3 is 2.54 bits per heavy atom. The van der Waals surface area contributed by atoms with Gasteiger partial charge in [-0.3, -0.25) is 4.79 Å². The monoisotopic (exact) mass is 372 g/mol. The normalized spacial score (nSPS) is 10.3. The second-order valence-electron chi connectivity index (χ2n) is 5.20. The van der Waals surface area contributed by atoms with Gasteiger partial charge in [-0.15, -0.1) is 0 Å². The van der Waals surface area contributed by atoms with E-state index in [0.717, 1.165) is 0 Å². The molecule has 0 atom stereocenters. The van der Waals surface area contributed by atoms with Crippen molar-refractivity contribution in [2.75, 3.05) is 17.7 Å². The minimum atomic E-state index is -0.520. The first-order chi connectivity index (χ1) is 12.6. The van der Waals surface area contributed by atoms with Crippen LogP contribution in [0.1, 0.15) is 10.4 Å². The van der Waals surface area contributed by atoms with E-state index in [1.165, 1.54) is 31.6 Å². The lowest BCUT2D eigenvalue weighted by atomic mass is 10.2. The number of carbonyl (C=O) groups is 1. The van der Waals surface area contributed by atoms with Gasteiger partial charge in [0.05, 0.1) is 24.0 Å². The van der Waals surface area contributed by atoms with Crippen LogP contribution in [0.2, 0.25) is 5.02 Å². The maximum absolute atomic E-state index is 13.6. The molecule has 3 rings (SSSR count). The van der Waals surface area contributed by atoms with Gasteiger partial charge in [-0.2, -0.15) is 0 Å². The first-order valence-electron chi connectivity index (χ1n) is 7.55. The Labute approximate surface area is 154 Å². The van der Waals surface area contributed by atoms with E-state index in [0.29, 0.717) is 16.5 Å². The molecular weight excluding hydrogens is 359 g/mol. The number of hydrogen-bond acceptors (Lipinski definition) is 5. The number of nitrogens with zero attached hydrogens (tertiary/aromatic N) is 2. The summed E-state index contributed by atoms with van der Waals surface area (Å²) in [7, 11) is 1.53. The molecule has 0 bridgehead atoms. The summed E-state index contributed by atoms with van der Waals surface area (Å²) in [5.74, 6) is -0.206. The second kappa shape index (κ2) is 7.79. The largest absolute Gasteiger partial charge is 0.495 e. The predicted molar refractivity (Wildman–Crippen MR) is 97.7 cm³/mol. The van der Waals surface area contributed by atoms with Crippen molar-refractivity contribution in [1.82, 2.24) is 9.97 Å². The van der Waals surface area contributed by atoms with Crippen LogP contribution in [0.25, 0.3) is 0 Å². The van der Waals surface area contributed by atoms with E-state index in [2.05, 4.69) is 20.6 Å². The first kappa shape index (κ1) is 17.6. The number of carbonyl (C=O) groups excluding carboxylic acids is 1. The van der Waals surface area contributed by atoms with E-state index in [1.807, 2.05) is 0 Å². The van der Waals surface area contributed by atoms with Crippen LogP contribution in [0.4, 0.5) is 21.7 Å². The van der Waals surface area contributed by atoms with Gasteiger partial charge in [-0.1, -0.05) is 23.7 Å². The highest BCUT2D eigenvalue weighted by molar-refractivity contribution is 6.31. The highest BCUT2D eigenvalue weighted by atomic mass is 35.5. The van der Waals surface area contributed by atoms with Crippen LogP contribution in [-0.4, -0.2) is 23.0 Å². The number of ether oxygens (including phenoxy) is 1. The number of amides is 1. The van der Waals surface area contributed by atoms with Crippen molar-refractivity contribution in [3.63, 3.8) is 0 Å². The van der Waals surface area contributed by atoms with Crippen molar-refractivity contribution in [3.05, 3.63) is 71.3 Å². The Balaban J connectivity index is 1.73. The number of nitrogens with one attached hydrogen (secondary N) is 2. The number of hydrogen-bond donors (Lipinski definition) is 2. The minimum absolute atomic E-state index is 0.0864. The minimum Gasteiger partial charge on any atom is -0.495 e. The molecule has 1 heterocycles. The zero-order valence-corrected chi connectivity index (χ0v) is 14.4. The molecular formula is C18H14ClFN4O2. The molecule has 0 spiro atoms. The molecule has 0 fully saturated rings. The Morgan fingerprint density at radius 1 is 1.12 bits per heavy atom. The average molecular weight is 373 g/mol. The molecule has 2 aromatic carbocycles. The maximum Gasteiger partial charge on any atom is 0.258 e.